The predicted molar refractivity (Wildman–Crippen MR) is 105 cm³/mol. The molecule has 5 rings (SSSR count). The smallest absolute Gasteiger partial charge is 0.139 e. The highest BCUT2D eigenvalue weighted by atomic mass is 33.1. The number of hydrogen-bond donors (Lipinski definition) is 1. The normalized spacial score (nSPS) is 51.2. The lowest BCUT2D eigenvalue weighted by Crippen LogP contribution is -2.52. The molecule has 3 fully saturated rings. The molecule has 0 bridgehead atoms. The molecule has 136 valence electrons. The molecule has 1 heterocycles. The summed E-state index contributed by atoms with van der Waals surface area (Å²) in [6, 6.07) is 0. The number of allylic oxidation sites excluding steroid dienone is 2. The van der Waals surface area contributed by atoms with E-state index in [1.165, 1.54) is 24.2 Å². The van der Waals surface area contributed by atoms with Crippen molar-refractivity contribution in [1.29, 1.82) is 0 Å². The number of hydrogen-bond acceptors (Lipinski definition) is 4. The lowest BCUT2D eigenvalue weighted by Gasteiger charge is -2.56. The first-order valence-corrected chi connectivity index (χ1v) is 12.2. The van der Waals surface area contributed by atoms with E-state index < -0.39 is 0 Å². The van der Waals surface area contributed by atoms with E-state index in [-0.39, 0.29) is 17.4 Å². The number of rotatable bonds is 1. The Bertz CT molecular complexity index is 663. The van der Waals surface area contributed by atoms with Crippen LogP contribution in [-0.2, 0) is 4.79 Å². The minimum atomic E-state index is -0.1000. The van der Waals surface area contributed by atoms with Crippen LogP contribution in [0.4, 0.5) is 0 Å². The molecule has 0 aromatic heterocycles. The molecule has 4 heteroatoms. The van der Waals surface area contributed by atoms with E-state index >= 15 is 0 Å². The summed E-state index contributed by atoms with van der Waals surface area (Å²) in [5.74, 6) is 3.24. The van der Waals surface area contributed by atoms with Crippen LogP contribution in [0.5, 0.6) is 0 Å². The number of aliphatic hydroxyl groups excluding tert-OH is 1. The minimum Gasteiger partial charge on any atom is -0.395 e. The average Bonchev–Trinajstić information content (AvgIpc) is 3.19. The average molecular weight is 377 g/mol. The van der Waals surface area contributed by atoms with Gasteiger partial charge in [-0.05, 0) is 61.9 Å². The van der Waals surface area contributed by atoms with Crippen LogP contribution >= 0.6 is 21.6 Å². The van der Waals surface area contributed by atoms with Gasteiger partial charge in [0.05, 0.1) is 6.61 Å². The second kappa shape index (κ2) is 5.65. The van der Waals surface area contributed by atoms with Gasteiger partial charge in [-0.15, -0.1) is 0 Å². The Kier molecular flexibility index (Phi) is 3.83. The number of Topliss-reactive ketones (excluding diaryl/α,β-unsaturated/α-hetero) is 1. The maximum absolute atomic E-state index is 12.5. The summed E-state index contributed by atoms with van der Waals surface area (Å²) >= 11 is 0. The lowest BCUT2D eigenvalue weighted by molar-refractivity contribution is -0.131. The summed E-state index contributed by atoms with van der Waals surface area (Å²) in [5, 5.41) is 10.6. The van der Waals surface area contributed by atoms with Crippen LogP contribution in [0.15, 0.2) is 23.8 Å². The Morgan fingerprint density at radius 2 is 2.08 bits per heavy atom. The van der Waals surface area contributed by atoms with Crippen LogP contribution in [0, 0.1) is 28.6 Å². The third-order valence-electron chi connectivity index (χ3n) is 8.35. The summed E-state index contributed by atoms with van der Waals surface area (Å²) in [4.78, 5) is 12.5. The van der Waals surface area contributed by atoms with Crippen molar-refractivity contribution in [2.24, 2.45) is 28.6 Å². The molecule has 4 aliphatic carbocycles. The highest BCUT2D eigenvalue weighted by molar-refractivity contribution is 8.77. The highest BCUT2D eigenvalue weighted by Gasteiger charge is 2.59. The van der Waals surface area contributed by atoms with Crippen molar-refractivity contribution >= 4 is 27.4 Å². The quantitative estimate of drug-likeness (QED) is 0.668. The molecule has 0 radical (unpaired) electrons. The fraction of sp³-hybridized carbons (Fsp3) is 0.762. The van der Waals surface area contributed by atoms with Crippen molar-refractivity contribution in [3.8, 4) is 0 Å². The van der Waals surface area contributed by atoms with E-state index in [1.54, 1.807) is 0 Å². The zero-order valence-electron chi connectivity index (χ0n) is 15.0. The predicted octanol–water partition coefficient (Wildman–Crippen LogP) is 4.79. The Balaban J connectivity index is 1.56. The first kappa shape index (κ1) is 16.9. The van der Waals surface area contributed by atoms with E-state index in [1.807, 2.05) is 10.8 Å². The Morgan fingerprint density at radius 3 is 2.84 bits per heavy atom. The van der Waals surface area contributed by atoms with Crippen molar-refractivity contribution in [1.82, 2.24) is 0 Å². The monoisotopic (exact) mass is 376 g/mol. The first-order chi connectivity index (χ1) is 12.0. The Hall–Kier alpha value is -0.190. The molecule has 6 atom stereocenters. The van der Waals surface area contributed by atoms with Gasteiger partial charge in [-0.25, -0.2) is 0 Å². The van der Waals surface area contributed by atoms with Crippen LogP contribution < -0.4 is 0 Å². The summed E-state index contributed by atoms with van der Waals surface area (Å²) in [6.45, 7) is 2.49. The van der Waals surface area contributed by atoms with Gasteiger partial charge in [0.2, 0.25) is 0 Å². The van der Waals surface area contributed by atoms with Gasteiger partial charge in [-0.1, -0.05) is 46.7 Å². The lowest BCUT2D eigenvalue weighted by atomic mass is 9.48. The van der Waals surface area contributed by atoms with E-state index in [0.717, 1.165) is 32.1 Å². The Labute approximate surface area is 158 Å². The molecular weight excluding hydrogens is 348 g/mol. The van der Waals surface area contributed by atoms with Gasteiger partial charge in [-0.3, -0.25) is 4.79 Å². The molecule has 0 aromatic rings. The number of carbonyl (C=O) groups is 1. The summed E-state index contributed by atoms with van der Waals surface area (Å²) in [5.41, 5.74) is 1.26. The third-order valence-corrected chi connectivity index (χ3v) is 11.5. The van der Waals surface area contributed by atoms with Crippen LogP contribution in [-0.4, -0.2) is 28.0 Å². The van der Waals surface area contributed by atoms with Crippen molar-refractivity contribution in [3.63, 3.8) is 0 Å². The summed E-state index contributed by atoms with van der Waals surface area (Å²) < 4.78 is 0.308. The standard InChI is InChI=1S/C21H28O2S2/c1-19-7-6-17-15(16(19)4-5-18(19)23)3-2-14-12-20(10-11-24-25-20)8-9-21(14,17)13-22/h2-3,12,15-17,22H,4-11,13H2,1H3/t15-,16-,17-,19-,20?,21+/m0/s1. The van der Waals surface area contributed by atoms with Crippen molar-refractivity contribution < 1.29 is 9.90 Å². The molecule has 1 unspecified atom stereocenters. The van der Waals surface area contributed by atoms with Crippen molar-refractivity contribution in [2.75, 3.05) is 12.4 Å². The molecule has 1 spiro atoms. The zero-order valence-corrected chi connectivity index (χ0v) is 16.6. The largest absolute Gasteiger partial charge is 0.395 e. The summed E-state index contributed by atoms with van der Waals surface area (Å²) in [6.07, 6.45) is 14.8. The molecule has 0 amide bonds. The first-order valence-electron chi connectivity index (χ1n) is 9.89. The van der Waals surface area contributed by atoms with E-state index in [2.05, 4.69) is 35.9 Å². The number of fused-ring (bicyclic) bond motifs is 5. The van der Waals surface area contributed by atoms with Gasteiger partial charge in [0.1, 0.15) is 5.78 Å². The fourth-order valence-electron chi connectivity index (χ4n) is 6.75. The van der Waals surface area contributed by atoms with Crippen LogP contribution in [0.1, 0.15) is 51.9 Å². The highest BCUT2D eigenvalue weighted by Crippen LogP contribution is 2.65. The minimum absolute atomic E-state index is 0.0501. The second-order valence-corrected chi connectivity index (χ2v) is 12.0. The molecule has 1 saturated heterocycles. The van der Waals surface area contributed by atoms with E-state index in [0.29, 0.717) is 28.3 Å². The van der Waals surface area contributed by atoms with Gasteiger partial charge in [0.15, 0.2) is 0 Å². The number of ketones is 1. The maximum atomic E-state index is 12.5. The molecule has 25 heavy (non-hydrogen) atoms. The van der Waals surface area contributed by atoms with Gasteiger partial charge in [-0.2, -0.15) is 0 Å². The number of aliphatic hydroxyl groups is 1. The zero-order chi connectivity index (χ0) is 17.3. The summed E-state index contributed by atoms with van der Waals surface area (Å²) in [7, 11) is 4.06. The molecule has 1 N–H and O–H groups in total. The van der Waals surface area contributed by atoms with Crippen LogP contribution in [0.25, 0.3) is 0 Å². The van der Waals surface area contributed by atoms with E-state index in [9.17, 15) is 9.90 Å². The van der Waals surface area contributed by atoms with Gasteiger partial charge in [0.25, 0.3) is 0 Å². The van der Waals surface area contributed by atoms with Crippen molar-refractivity contribution in [2.45, 2.75) is 56.6 Å². The molecule has 1 aliphatic heterocycles. The van der Waals surface area contributed by atoms with Crippen molar-refractivity contribution in [3.05, 3.63) is 23.8 Å². The third kappa shape index (κ3) is 2.20. The molecule has 2 nitrogen and oxygen atoms in total. The van der Waals surface area contributed by atoms with Gasteiger partial charge < -0.3 is 5.11 Å². The SMILES string of the molecule is C[C@]12CC[C@H]3[C@@H](C=CC4=CC5(CCSS5)CC[C@@]43CO)[C@@H]1CCC2=O. The molecule has 0 aromatic carbocycles. The Morgan fingerprint density at radius 1 is 1.20 bits per heavy atom. The van der Waals surface area contributed by atoms with Gasteiger partial charge >= 0.3 is 0 Å². The van der Waals surface area contributed by atoms with E-state index in [4.69, 9.17) is 0 Å². The maximum Gasteiger partial charge on any atom is 0.139 e. The van der Waals surface area contributed by atoms with Gasteiger partial charge in [0, 0.05) is 27.8 Å². The molecule has 5 aliphatic rings. The second-order valence-electron chi connectivity index (χ2n) is 9.20. The fourth-order valence-corrected chi connectivity index (χ4v) is 10.0. The van der Waals surface area contributed by atoms with Crippen LogP contribution in [0.2, 0.25) is 0 Å². The molecule has 2 saturated carbocycles. The topological polar surface area (TPSA) is 37.3 Å². The molecular formula is C21H28O2S2. The number of carbonyl (C=O) groups excluding carboxylic acids is 1. The van der Waals surface area contributed by atoms with Crippen LogP contribution in [0.3, 0.4) is 0 Å².